The number of aromatic nitrogens is 1. The van der Waals surface area contributed by atoms with E-state index < -0.39 is 17.7 Å². The van der Waals surface area contributed by atoms with Gasteiger partial charge >= 0.3 is 5.97 Å². The van der Waals surface area contributed by atoms with Crippen LogP contribution in [-0.2, 0) is 4.74 Å². The van der Waals surface area contributed by atoms with Crippen LogP contribution in [0, 0.1) is 12.7 Å². The van der Waals surface area contributed by atoms with Crippen molar-refractivity contribution in [1.82, 2.24) is 10.4 Å². The molecule has 0 atom stereocenters. The zero-order valence-corrected chi connectivity index (χ0v) is 14.6. The molecule has 2 N–H and O–H groups in total. The minimum atomic E-state index is -0.726. The van der Waals surface area contributed by atoms with Crippen LogP contribution < -0.4 is 10.9 Å². The summed E-state index contributed by atoms with van der Waals surface area (Å²) in [5.41, 5.74) is 6.72. The number of aryl methyl sites for hydroxylation is 1. The van der Waals surface area contributed by atoms with Crippen LogP contribution in [0.2, 0.25) is 0 Å². The number of esters is 1. The summed E-state index contributed by atoms with van der Waals surface area (Å²) in [5, 5.41) is 0. The molecule has 138 valence electrons. The monoisotopic (exact) mass is 369 g/mol. The van der Waals surface area contributed by atoms with Crippen molar-refractivity contribution in [1.29, 1.82) is 0 Å². The standard InChI is InChI=1S/C19H16FN3O4/c1-11-3-5-13(6-4-11)17-21-15(19(25)26-2)18(27-17)23-22-16(24)12-7-9-14(20)10-8-12/h3-10,23H,1-2H3,(H,22,24). The first-order valence-electron chi connectivity index (χ1n) is 7.96. The number of nitrogens with zero attached hydrogens (tertiary/aromatic N) is 1. The third-order valence-corrected chi connectivity index (χ3v) is 3.70. The lowest BCUT2D eigenvalue weighted by atomic mass is 10.1. The maximum Gasteiger partial charge on any atom is 0.362 e. The molecule has 0 unspecified atom stereocenters. The number of hydrazine groups is 1. The Bertz CT molecular complexity index is 966. The van der Waals surface area contributed by atoms with E-state index in [1.54, 1.807) is 12.1 Å². The summed E-state index contributed by atoms with van der Waals surface area (Å²) >= 11 is 0. The number of oxazole rings is 1. The van der Waals surface area contributed by atoms with Crippen LogP contribution in [0.25, 0.3) is 11.5 Å². The Hall–Kier alpha value is -3.68. The number of benzene rings is 2. The number of ether oxygens (including phenoxy) is 1. The number of carbonyl (C=O) groups excluding carboxylic acids is 2. The van der Waals surface area contributed by atoms with Gasteiger partial charge < -0.3 is 9.15 Å². The predicted molar refractivity (Wildman–Crippen MR) is 95.5 cm³/mol. The highest BCUT2D eigenvalue weighted by atomic mass is 19.1. The predicted octanol–water partition coefficient (Wildman–Crippen LogP) is 3.33. The van der Waals surface area contributed by atoms with Crippen molar-refractivity contribution >= 4 is 17.8 Å². The second kappa shape index (κ2) is 7.69. The van der Waals surface area contributed by atoms with Crippen LogP contribution in [0.15, 0.2) is 52.9 Å². The Labute approximate surface area is 154 Å². The second-order valence-corrected chi connectivity index (χ2v) is 5.64. The third kappa shape index (κ3) is 4.12. The summed E-state index contributed by atoms with van der Waals surface area (Å²) in [7, 11) is 1.21. The number of anilines is 1. The van der Waals surface area contributed by atoms with Gasteiger partial charge in [0.05, 0.1) is 7.11 Å². The molecule has 0 aliphatic rings. The fourth-order valence-electron chi connectivity index (χ4n) is 2.25. The maximum atomic E-state index is 12.9. The molecule has 1 aromatic heterocycles. The van der Waals surface area contributed by atoms with Crippen molar-refractivity contribution in [2.45, 2.75) is 6.92 Å². The van der Waals surface area contributed by atoms with Gasteiger partial charge in [0, 0.05) is 11.1 Å². The first-order chi connectivity index (χ1) is 13.0. The van der Waals surface area contributed by atoms with Crippen LogP contribution in [0.5, 0.6) is 0 Å². The van der Waals surface area contributed by atoms with E-state index in [1.165, 1.54) is 31.4 Å². The first kappa shape index (κ1) is 18.1. The molecular weight excluding hydrogens is 353 g/mol. The zero-order chi connectivity index (χ0) is 19.4. The first-order valence-corrected chi connectivity index (χ1v) is 7.96. The highest BCUT2D eigenvalue weighted by Gasteiger charge is 2.22. The Kier molecular flexibility index (Phi) is 5.16. The molecular formula is C19H16FN3O4. The van der Waals surface area contributed by atoms with E-state index in [0.717, 1.165) is 5.56 Å². The van der Waals surface area contributed by atoms with Crippen molar-refractivity contribution in [2.75, 3.05) is 12.5 Å². The molecule has 7 nitrogen and oxygen atoms in total. The fraction of sp³-hybridized carbons (Fsp3) is 0.105. The average molecular weight is 369 g/mol. The molecule has 0 aliphatic carbocycles. The number of hydrogen-bond donors (Lipinski definition) is 2. The highest BCUT2D eigenvalue weighted by Crippen LogP contribution is 2.26. The van der Waals surface area contributed by atoms with Gasteiger partial charge in [-0.2, -0.15) is 4.98 Å². The van der Waals surface area contributed by atoms with E-state index in [4.69, 9.17) is 9.15 Å². The fourth-order valence-corrected chi connectivity index (χ4v) is 2.25. The van der Waals surface area contributed by atoms with Gasteiger partial charge in [0.2, 0.25) is 17.5 Å². The number of hydrogen-bond acceptors (Lipinski definition) is 6. The zero-order valence-electron chi connectivity index (χ0n) is 14.6. The molecule has 3 aromatic rings. The van der Waals surface area contributed by atoms with Gasteiger partial charge in [0.1, 0.15) is 5.82 Å². The van der Waals surface area contributed by atoms with E-state index in [-0.39, 0.29) is 23.0 Å². The van der Waals surface area contributed by atoms with Gasteiger partial charge in [0.25, 0.3) is 5.91 Å². The SMILES string of the molecule is COC(=O)c1nc(-c2ccc(C)cc2)oc1NNC(=O)c1ccc(F)cc1. The Balaban J connectivity index is 1.82. The van der Waals surface area contributed by atoms with Gasteiger partial charge in [-0.15, -0.1) is 0 Å². The number of carbonyl (C=O) groups is 2. The molecule has 1 amide bonds. The van der Waals surface area contributed by atoms with Crippen LogP contribution in [0.3, 0.4) is 0 Å². The summed E-state index contributed by atoms with van der Waals surface area (Å²) in [6.07, 6.45) is 0. The smallest absolute Gasteiger partial charge is 0.362 e. The number of amides is 1. The molecule has 27 heavy (non-hydrogen) atoms. The quantitative estimate of drug-likeness (QED) is 0.529. The Morgan fingerprint density at radius 3 is 2.37 bits per heavy atom. The highest BCUT2D eigenvalue weighted by molar-refractivity contribution is 5.96. The van der Waals surface area contributed by atoms with E-state index in [1.807, 2.05) is 19.1 Å². The van der Waals surface area contributed by atoms with Gasteiger partial charge in [-0.3, -0.25) is 15.6 Å². The second-order valence-electron chi connectivity index (χ2n) is 5.64. The van der Waals surface area contributed by atoms with Crippen LogP contribution in [-0.4, -0.2) is 24.0 Å². The number of nitrogens with one attached hydrogen (secondary N) is 2. The van der Waals surface area contributed by atoms with E-state index in [0.29, 0.717) is 5.56 Å². The van der Waals surface area contributed by atoms with Crippen LogP contribution in [0.1, 0.15) is 26.4 Å². The third-order valence-electron chi connectivity index (χ3n) is 3.70. The topological polar surface area (TPSA) is 93.5 Å². The van der Waals surface area contributed by atoms with Crippen LogP contribution >= 0.6 is 0 Å². The molecule has 0 saturated heterocycles. The summed E-state index contributed by atoms with van der Waals surface area (Å²) in [4.78, 5) is 28.2. The molecule has 3 rings (SSSR count). The molecule has 8 heteroatoms. The number of methoxy groups -OCH3 is 1. The van der Waals surface area contributed by atoms with Gasteiger partial charge in [-0.1, -0.05) is 17.7 Å². The van der Waals surface area contributed by atoms with E-state index >= 15 is 0 Å². The molecule has 0 saturated carbocycles. The molecule has 0 fully saturated rings. The van der Waals surface area contributed by atoms with Gasteiger partial charge in [0.15, 0.2) is 0 Å². The minimum Gasteiger partial charge on any atom is -0.464 e. The number of halogens is 1. The maximum absolute atomic E-state index is 12.9. The summed E-state index contributed by atoms with van der Waals surface area (Å²) < 4.78 is 23.2. The molecule has 2 aromatic carbocycles. The van der Waals surface area contributed by atoms with E-state index in [9.17, 15) is 14.0 Å². The summed E-state index contributed by atoms with van der Waals surface area (Å²) in [5.74, 6) is -1.61. The van der Waals surface area contributed by atoms with Crippen molar-refractivity contribution < 1.29 is 23.1 Å². The minimum absolute atomic E-state index is 0.0760. The molecule has 0 spiro atoms. The molecule has 1 heterocycles. The Morgan fingerprint density at radius 2 is 1.74 bits per heavy atom. The van der Waals surface area contributed by atoms with Gasteiger partial charge in [-0.25, -0.2) is 9.18 Å². The Morgan fingerprint density at radius 1 is 1.07 bits per heavy atom. The van der Waals surface area contributed by atoms with Crippen molar-refractivity contribution in [3.8, 4) is 11.5 Å². The molecule has 0 radical (unpaired) electrons. The van der Waals surface area contributed by atoms with Crippen molar-refractivity contribution in [3.63, 3.8) is 0 Å². The van der Waals surface area contributed by atoms with Crippen molar-refractivity contribution in [2.24, 2.45) is 0 Å². The summed E-state index contributed by atoms with van der Waals surface area (Å²) in [6.45, 7) is 1.94. The number of rotatable bonds is 5. The lowest BCUT2D eigenvalue weighted by Gasteiger charge is -2.06. The van der Waals surface area contributed by atoms with Crippen LogP contribution in [0.4, 0.5) is 10.3 Å². The lowest BCUT2D eigenvalue weighted by molar-refractivity contribution is 0.0595. The van der Waals surface area contributed by atoms with E-state index in [2.05, 4.69) is 15.8 Å². The van der Waals surface area contributed by atoms with Gasteiger partial charge in [-0.05, 0) is 43.3 Å². The largest absolute Gasteiger partial charge is 0.464 e. The molecule has 0 bridgehead atoms. The molecule has 0 aliphatic heterocycles. The average Bonchev–Trinajstić information content (AvgIpc) is 3.11. The lowest BCUT2D eigenvalue weighted by Crippen LogP contribution is -2.30. The summed E-state index contributed by atoms with van der Waals surface area (Å²) in [6, 6.07) is 12.3. The van der Waals surface area contributed by atoms with Crippen molar-refractivity contribution in [3.05, 3.63) is 71.2 Å². The normalized spacial score (nSPS) is 10.3.